The van der Waals surface area contributed by atoms with Gasteiger partial charge in [-0.25, -0.2) is 0 Å². The molecule has 0 aliphatic rings. The molecule has 5 heteroatoms. The van der Waals surface area contributed by atoms with Crippen molar-refractivity contribution < 1.29 is 95.6 Å². The SMILES string of the molecule is O.[BaH2].[Cu].[Sm].[Y]. The molecule has 0 fully saturated rings. The summed E-state index contributed by atoms with van der Waals surface area (Å²) in [6.07, 6.45) is 0. The Labute approximate surface area is 140 Å². The summed E-state index contributed by atoms with van der Waals surface area (Å²) < 4.78 is 0. The molecule has 0 saturated heterocycles. The summed E-state index contributed by atoms with van der Waals surface area (Å²) >= 11 is 0. The van der Waals surface area contributed by atoms with Crippen LogP contribution < -0.4 is 0 Å². The van der Waals surface area contributed by atoms with Gasteiger partial charge in [-0.2, -0.15) is 0 Å². The maximum absolute atomic E-state index is 0. The second-order valence-electron chi connectivity index (χ2n) is 0. The molecule has 0 aromatic carbocycles. The van der Waals surface area contributed by atoms with Gasteiger partial charge in [-0.15, -0.1) is 0 Å². The van der Waals surface area contributed by atoms with Crippen molar-refractivity contribution in [1.82, 2.24) is 0 Å². The largest absolute Gasteiger partial charge is 0 e. The zero-order valence-electron chi connectivity index (χ0n) is 1.79. The van der Waals surface area contributed by atoms with E-state index in [1.807, 2.05) is 0 Å². The van der Waals surface area contributed by atoms with E-state index >= 15 is 0 Å². The molecule has 2 radical (unpaired) electrons. The van der Waals surface area contributed by atoms with Gasteiger partial charge in [-0.3, -0.25) is 0 Å². The molecule has 32 valence electrons. The Kier molecular flexibility index (Phi) is 160. The van der Waals surface area contributed by atoms with Gasteiger partial charge in [0.25, 0.3) is 0 Å². The summed E-state index contributed by atoms with van der Waals surface area (Å²) in [6, 6.07) is 0. The van der Waals surface area contributed by atoms with Gasteiger partial charge in [-0.05, 0) is 0 Å². The van der Waals surface area contributed by atoms with Crippen LogP contribution in [0, 0.1) is 40.4 Å². The number of rotatable bonds is 0. The number of hydrogen-bond donors (Lipinski definition) is 0. The van der Waals surface area contributed by atoms with Crippen LogP contribution in [0.3, 0.4) is 0 Å². The first-order chi connectivity index (χ1) is 0. The van der Waals surface area contributed by atoms with Gasteiger partial charge >= 0.3 is 48.9 Å². The van der Waals surface area contributed by atoms with Crippen molar-refractivity contribution in [3.63, 3.8) is 0 Å². The van der Waals surface area contributed by atoms with E-state index in [0.717, 1.165) is 0 Å². The van der Waals surface area contributed by atoms with Crippen molar-refractivity contribution in [2.75, 3.05) is 0 Å². The Morgan fingerprint density at radius 1 is 1.00 bits per heavy atom. The summed E-state index contributed by atoms with van der Waals surface area (Å²) in [5.41, 5.74) is 0. The fourth-order valence-corrected chi connectivity index (χ4v) is 0. The summed E-state index contributed by atoms with van der Waals surface area (Å²) in [7, 11) is 0. The Balaban J connectivity index is 0. The molecule has 0 aliphatic heterocycles. The van der Waals surface area contributed by atoms with Crippen LogP contribution in [-0.2, 0) is 49.8 Å². The molecule has 2 N–H and O–H groups in total. The van der Waals surface area contributed by atoms with Gasteiger partial charge in [0.2, 0.25) is 0 Å². The molecule has 0 aromatic rings. The zero-order chi connectivity index (χ0) is 0. The molecule has 0 atom stereocenters. The van der Waals surface area contributed by atoms with Gasteiger partial charge in [0.1, 0.15) is 0 Å². The molecule has 0 aliphatic carbocycles. The van der Waals surface area contributed by atoms with Crippen molar-refractivity contribution >= 4 is 48.9 Å². The normalized spacial score (nSPS) is 0. The fourth-order valence-electron chi connectivity index (χ4n) is 0. The van der Waals surface area contributed by atoms with E-state index in [-0.39, 0.29) is 145 Å². The van der Waals surface area contributed by atoms with Gasteiger partial charge in [0, 0.05) is 90.2 Å². The third-order valence-corrected chi connectivity index (χ3v) is 0. The minimum atomic E-state index is 0. The first-order valence-electron chi connectivity index (χ1n) is 0. The first-order valence-corrected chi connectivity index (χ1v) is 0. The van der Waals surface area contributed by atoms with Crippen LogP contribution in [0.2, 0.25) is 0 Å². The van der Waals surface area contributed by atoms with Gasteiger partial charge in [0.05, 0.1) is 0 Å². The molecular weight excluding hydrogens is 456 g/mol. The molecule has 0 aromatic heterocycles. The standard InChI is InChI=1S/Ba.Cu.H2O.Sm.Y.2H/h;;1H2;;;;. The molecule has 0 bridgehead atoms. The van der Waals surface area contributed by atoms with Crippen molar-refractivity contribution in [2.24, 2.45) is 0 Å². The molecule has 0 unspecified atom stereocenters. The van der Waals surface area contributed by atoms with Crippen molar-refractivity contribution in [3.05, 3.63) is 0 Å². The van der Waals surface area contributed by atoms with Crippen molar-refractivity contribution in [2.45, 2.75) is 0 Å². The monoisotopic (exact) mass is 462 g/mol. The van der Waals surface area contributed by atoms with Gasteiger partial charge in [0.15, 0.2) is 0 Å². The van der Waals surface area contributed by atoms with Crippen LogP contribution in [0.15, 0.2) is 0 Å². The van der Waals surface area contributed by atoms with Crippen LogP contribution in [0.4, 0.5) is 0 Å². The second-order valence-corrected chi connectivity index (χ2v) is 0. The summed E-state index contributed by atoms with van der Waals surface area (Å²) in [6.45, 7) is 0. The van der Waals surface area contributed by atoms with Crippen LogP contribution in [0.25, 0.3) is 0 Å². The van der Waals surface area contributed by atoms with Crippen molar-refractivity contribution in [1.29, 1.82) is 0 Å². The third-order valence-electron chi connectivity index (χ3n) is 0. The van der Waals surface area contributed by atoms with Gasteiger partial charge in [-0.1, -0.05) is 0 Å². The van der Waals surface area contributed by atoms with Crippen LogP contribution in [0.1, 0.15) is 0 Å². The van der Waals surface area contributed by atoms with E-state index in [9.17, 15) is 0 Å². The average molecular weight is 460 g/mol. The maximum Gasteiger partial charge on any atom is 0 e. The number of hydrogen-bond acceptors (Lipinski definition) is 0. The summed E-state index contributed by atoms with van der Waals surface area (Å²) in [5.74, 6) is 0. The Morgan fingerprint density at radius 2 is 1.00 bits per heavy atom. The van der Waals surface area contributed by atoms with E-state index in [4.69, 9.17) is 0 Å². The van der Waals surface area contributed by atoms with Crippen LogP contribution >= 0.6 is 0 Å². The minimum Gasteiger partial charge on any atom is 0 e. The molecule has 5 heavy (non-hydrogen) atoms. The predicted octanol–water partition coefficient (Wildman–Crippen LogP) is -1.75. The summed E-state index contributed by atoms with van der Waals surface area (Å²) in [5, 5.41) is 0. The predicted molar refractivity (Wildman–Crippen MR) is 12.2 cm³/mol. The maximum atomic E-state index is 0. The molecular formula is H4BaCuOSmY. The molecule has 0 amide bonds. The molecule has 0 heterocycles. The minimum absolute atomic E-state index is 0. The zero-order valence-corrected chi connectivity index (χ0v) is 8.19. The second kappa shape index (κ2) is 23.6. The van der Waals surface area contributed by atoms with E-state index < -0.39 is 0 Å². The van der Waals surface area contributed by atoms with Crippen LogP contribution in [-0.4, -0.2) is 54.4 Å². The molecule has 1 nitrogen and oxygen atoms in total. The molecule has 0 rings (SSSR count). The average Bonchev–Trinajstić information content (AvgIpc) is 0. The topological polar surface area (TPSA) is 31.5 Å². The summed E-state index contributed by atoms with van der Waals surface area (Å²) in [4.78, 5) is 0. The fraction of sp³-hybridized carbons (Fsp3) is 0. The quantitative estimate of drug-likeness (QED) is 0.385. The third kappa shape index (κ3) is 17.7. The Morgan fingerprint density at radius 3 is 1.00 bits per heavy atom. The first kappa shape index (κ1) is 33.9. The molecule has 0 spiro atoms. The van der Waals surface area contributed by atoms with E-state index in [1.54, 1.807) is 0 Å². The van der Waals surface area contributed by atoms with Crippen LogP contribution in [0.5, 0.6) is 0 Å². The van der Waals surface area contributed by atoms with E-state index in [0.29, 0.717) is 0 Å². The van der Waals surface area contributed by atoms with E-state index in [2.05, 4.69) is 0 Å². The smallest absolute Gasteiger partial charge is 0 e. The Hall–Kier alpha value is 4.49. The Bertz CT molecular complexity index is 11.6. The van der Waals surface area contributed by atoms with Crippen molar-refractivity contribution in [3.8, 4) is 0 Å². The van der Waals surface area contributed by atoms with Gasteiger partial charge < -0.3 is 5.48 Å². The molecule has 0 saturated carbocycles. The van der Waals surface area contributed by atoms with E-state index in [1.165, 1.54) is 0 Å².